The predicted octanol–water partition coefficient (Wildman–Crippen LogP) is 3.44. The van der Waals surface area contributed by atoms with E-state index in [-0.39, 0.29) is 11.5 Å². The third-order valence-electron chi connectivity index (χ3n) is 2.43. The lowest BCUT2D eigenvalue weighted by Crippen LogP contribution is -2.10. The molecule has 2 nitrogen and oxygen atoms in total. The SMILES string of the molecule is O=C(CS(=O)c1ccc(Br)cc1)c1ccccc1. The molecule has 0 aliphatic rings. The third kappa shape index (κ3) is 3.37. The monoisotopic (exact) mass is 322 g/mol. The first-order valence-corrected chi connectivity index (χ1v) is 7.50. The van der Waals surface area contributed by atoms with E-state index in [4.69, 9.17) is 0 Å². The molecule has 0 radical (unpaired) electrons. The molecule has 0 aromatic heterocycles. The van der Waals surface area contributed by atoms with Gasteiger partial charge in [-0.05, 0) is 24.3 Å². The first-order chi connectivity index (χ1) is 8.66. The number of rotatable bonds is 4. The molecule has 0 aliphatic heterocycles. The summed E-state index contributed by atoms with van der Waals surface area (Å²) in [5.74, 6) is -0.0806. The Bertz CT molecular complexity index is 564. The van der Waals surface area contributed by atoms with Crippen LogP contribution in [0.5, 0.6) is 0 Å². The Kier molecular flexibility index (Phi) is 4.44. The molecule has 0 N–H and O–H groups in total. The van der Waals surface area contributed by atoms with Gasteiger partial charge in [0.05, 0.1) is 16.6 Å². The molecule has 2 aromatic rings. The fraction of sp³-hybridized carbons (Fsp3) is 0.0714. The predicted molar refractivity (Wildman–Crippen MR) is 76.2 cm³/mol. The second kappa shape index (κ2) is 6.07. The number of benzene rings is 2. The van der Waals surface area contributed by atoms with Crippen molar-refractivity contribution in [1.82, 2.24) is 0 Å². The first kappa shape index (κ1) is 13.2. The number of carbonyl (C=O) groups excluding carboxylic acids is 1. The van der Waals surface area contributed by atoms with Crippen LogP contribution >= 0.6 is 15.9 Å². The Morgan fingerprint density at radius 3 is 2.22 bits per heavy atom. The highest BCUT2D eigenvalue weighted by atomic mass is 79.9. The molecule has 1 atom stereocenters. The molecule has 0 fully saturated rings. The fourth-order valence-corrected chi connectivity index (χ4v) is 2.77. The molecule has 0 bridgehead atoms. The van der Waals surface area contributed by atoms with Crippen LogP contribution in [0.3, 0.4) is 0 Å². The lowest BCUT2D eigenvalue weighted by Gasteiger charge is -2.02. The average Bonchev–Trinajstić information content (AvgIpc) is 2.40. The second-order valence-corrected chi connectivity index (χ2v) is 6.10. The van der Waals surface area contributed by atoms with Crippen molar-refractivity contribution in [2.75, 3.05) is 5.75 Å². The van der Waals surface area contributed by atoms with Crippen LogP contribution in [0, 0.1) is 0 Å². The molecular weight excluding hydrogens is 312 g/mol. The van der Waals surface area contributed by atoms with Crippen LogP contribution in [0.1, 0.15) is 10.4 Å². The van der Waals surface area contributed by atoms with Gasteiger partial charge in [0.15, 0.2) is 5.78 Å². The van der Waals surface area contributed by atoms with Gasteiger partial charge in [-0.2, -0.15) is 0 Å². The van der Waals surface area contributed by atoms with Crippen LogP contribution in [0.15, 0.2) is 64.0 Å². The standard InChI is InChI=1S/C14H11BrO2S/c15-12-6-8-13(9-7-12)18(17)10-14(16)11-4-2-1-3-5-11/h1-9H,10H2. The minimum atomic E-state index is -1.29. The van der Waals surface area contributed by atoms with Crippen molar-refractivity contribution < 1.29 is 9.00 Å². The van der Waals surface area contributed by atoms with E-state index >= 15 is 0 Å². The van der Waals surface area contributed by atoms with E-state index in [9.17, 15) is 9.00 Å². The normalized spacial score (nSPS) is 12.1. The highest BCUT2D eigenvalue weighted by Crippen LogP contribution is 2.14. The van der Waals surface area contributed by atoms with Crippen molar-refractivity contribution in [2.24, 2.45) is 0 Å². The van der Waals surface area contributed by atoms with Crippen LogP contribution in [-0.4, -0.2) is 15.7 Å². The van der Waals surface area contributed by atoms with Crippen LogP contribution in [0.25, 0.3) is 0 Å². The Morgan fingerprint density at radius 2 is 1.61 bits per heavy atom. The summed E-state index contributed by atoms with van der Waals surface area (Å²) in [7, 11) is -1.29. The van der Waals surface area contributed by atoms with E-state index < -0.39 is 10.8 Å². The van der Waals surface area contributed by atoms with E-state index in [1.165, 1.54) is 0 Å². The Morgan fingerprint density at radius 1 is 1.00 bits per heavy atom. The number of Topliss-reactive ketones (excluding diaryl/α,β-unsaturated/α-hetero) is 1. The summed E-state index contributed by atoms with van der Waals surface area (Å²) in [5, 5.41) is 0. The topological polar surface area (TPSA) is 34.1 Å². The molecule has 2 aromatic carbocycles. The molecule has 4 heteroatoms. The largest absolute Gasteiger partial charge is 0.293 e. The van der Waals surface area contributed by atoms with E-state index in [1.54, 1.807) is 36.4 Å². The maximum Gasteiger partial charge on any atom is 0.175 e. The van der Waals surface area contributed by atoms with Gasteiger partial charge < -0.3 is 0 Å². The van der Waals surface area contributed by atoms with Gasteiger partial charge in [-0.3, -0.25) is 9.00 Å². The summed E-state index contributed by atoms with van der Waals surface area (Å²) in [4.78, 5) is 12.6. The lowest BCUT2D eigenvalue weighted by atomic mass is 10.2. The molecular formula is C14H11BrO2S. The summed E-state index contributed by atoms with van der Waals surface area (Å²) in [5.41, 5.74) is 0.600. The summed E-state index contributed by atoms with van der Waals surface area (Å²) < 4.78 is 12.9. The zero-order chi connectivity index (χ0) is 13.0. The van der Waals surface area contributed by atoms with Gasteiger partial charge in [-0.1, -0.05) is 46.3 Å². The average molecular weight is 323 g/mol. The Balaban J connectivity index is 2.08. The van der Waals surface area contributed by atoms with Crippen molar-refractivity contribution >= 4 is 32.5 Å². The number of halogens is 1. The summed E-state index contributed by atoms with van der Waals surface area (Å²) in [6.45, 7) is 0. The second-order valence-electron chi connectivity index (χ2n) is 3.73. The number of hydrogen-bond acceptors (Lipinski definition) is 2. The third-order valence-corrected chi connectivity index (χ3v) is 4.29. The molecule has 0 aliphatic carbocycles. The van der Waals surface area contributed by atoms with Gasteiger partial charge in [-0.15, -0.1) is 0 Å². The molecule has 0 saturated carbocycles. The summed E-state index contributed by atoms with van der Waals surface area (Å²) in [6, 6.07) is 16.1. The molecule has 92 valence electrons. The minimum Gasteiger partial charge on any atom is -0.293 e. The Labute approximate surface area is 117 Å². The van der Waals surface area contributed by atoms with Gasteiger partial charge in [0.25, 0.3) is 0 Å². The van der Waals surface area contributed by atoms with Gasteiger partial charge >= 0.3 is 0 Å². The summed E-state index contributed by atoms with van der Waals surface area (Å²) >= 11 is 3.32. The molecule has 0 saturated heterocycles. The van der Waals surface area contributed by atoms with Gasteiger partial charge in [-0.25, -0.2) is 0 Å². The van der Waals surface area contributed by atoms with Crippen LogP contribution in [-0.2, 0) is 10.8 Å². The highest BCUT2D eigenvalue weighted by Gasteiger charge is 2.11. The van der Waals surface area contributed by atoms with Crippen LogP contribution in [0.4, 0.5) is 0 Å². The van der Waals surface area contributed by atoms with Crippen molar-refractivity contribution in [2.45, 2.75) is 4.90 Å². The number of hydrogen-bond donors (Lipinski definition) is 0. The molecule has 0 heterocycles. The fourth-order valence-electron chi connectivity index (χ4n) is 1.50. The van der Waals surface area contributed by atoms with Crippen LogP contribution in [0.2, 0.25) is 0 Å². The van der Waals surface area contributed by atoms with Crippen LogP contribution < -0.4 is 0 Å². The molecule has 0 spiro atoms. The van der Waals surface area contributed by atoms with Crippen molar-refractivity contribution in [3.05, 3.63) is 64.6 Å². The van der Waals surface area contributed by atoms with Gasteiger partial charge in [0.2, 0.25) is 0 Å². The molecule has 2 rings (SSSR count). The summed E-state index contributed by atoms with van der Waals surface area (Å²) in [6.07, 6.45) is 0. The van der Waals surface area contributed by atoms with Crippen molar-refractivity contribution in [3.8, 4) is 0 Å². The smallest absolute Gasteiger partial charge is 0.175 e. The lowest BCUT2D eigenvalue weighted by molar-refractivity contribution is 0.102. The van der Waals surface area contributed by atoms with Crippen molar-refractivity contribution in [1.29, 1.82) is 0 Å². The quantitative estimate of drug-likeness (QED) is 0.808. The first-order valence-electron chi connectivity index (χ1n) is 5.39. The van der Waals surface area contributed by atoms with E-state index in [0.717, 1.165) is 4.47 Å². The highest BCUT2D eigenvalue weighted by molar-refractivity contribution is 9.10. The zero-order valence-corrected chi connectivity index (χ0v) is 11.9. The van der Waals surface area contributed by atoms with Gasteiger partial charge in [0.1, 0.15) is 0 Å². The molecule has 18 heavy (non-hydrogen) atoms. The zero-order valence-electron chi connectivity index (χ0n) is 9.51. The van der Waals surface area contributed by atoms with E-state index in [2.05, 4.69) is 15.9 Å². The van der Waals surface area contributed by atoms with E-state index in [0.29, 0.717) is 10.5 Å². The minimum absolute atomic E-state index is 0.0195. The number of carbonyl (C=O) groups is 1. The maximum absolute atomic E-state index is 12.0. The maximum atomic E-state index is 12.0. The Hall–Kier alpha value is -1.26. The molecule has 1 unspecified atom stereocenters. The molecule has 0 amide bonds. The van der Waals surface area contributed by atoms with Gasteiger partial charge in [0, 0.05) is 14.9 Å². The van der Waals surface area contributed by atoms with E-state index in [1.807, 2.05) is 18.2 Å². The number of ketones is 1. The van der Waals surface area contributed by atoms with Crippen molar-refractivity contribution in [3.63, 3.8) is 0 Å².